The van der Waals surface area contributed by atoms with Crippen molar-refractivity contribution in [2.45, 2.75) is 26.4 Å². The highest BCUT2D eigenvalue weighted by Gasteiger charge is 2.31. The summed E-state index contributed by atoms with van der Waals surface area (Å²) in [6.45, 7) is 2.54. The number of phenols is 1. The van der Waals surface area contributed by atoms with E-state index in [2.05, 4.69) is 0 Å². The number of Topliss-reactive ketones (excluding diaryl/α,β-unsaturated/α-hetero) is 1. The third-order valence-corrected chi connectivity index (χ3v) is 3.75. The van der Waals surface area contributed by atoms with Crippen LogP contribution in [0.4, 0.5) is 0 Å². The number of phenolic OH excluding ortho intramolecular Hbond substituents is 1. The second-order valence-corrected chi connectivity index (χ2v) is 5.81. The van der Waals surface area contributed by atoms with Gasteiger partial charge in [-0.15, -0.1) is 0 Å². The summed E-state index contributed by atoms with van der Waals surface area (Å²) in [4.78, 5) is 34.5. The van der Waals surface area contributed by atoms with Crippen LogP contribution in [0, 0.1) is 0 Å². The predicted octanol–water partition coefficient (Wildman–Crippen LogP) is 2.95. The van der Waals surface area contributed by atoms with Crippen molar-refractivity contribution in [3.05, 3.63) is 47.5 Å². The van der Waals surface area contributed by atoms with Gasteiger partial charge in [0.15, 0.2) is 5.78 Å². The lowest BCUT2D eigenvalue weighted by molar-refractivity contribution is -0.132. The summed E-state index contributed by atoms with van der Waals surface area (Å²) < 4.78 is 15.8. The molecule has 0 aliphatic carbocycles. The number of esters is 2. The Morgan fingerprint density at radius 3 is 2.27 bits per heavy atom. The molecule has 0 aromatic heterocycles. The van der Waals surface area contributed by atoms with Crippen molar-refractivity contribution in [2.75, 3.05) is 0 Å². The molecule has 0 saturated heterocycles. The molecule has 0 radical (unpaired) electrons. The van der Waals surface area contributed by atoms with Crippen LogP contribution in [0.2, 0.25) is 0 Å². The molecule has 0 amide bonds. The monoisotopic (exact) mass is 356 g/mol. The van der Waals surface area contributed by atoms with Gasteiger partial charge in [0.1, 0.15) is 34.7 Å². The first-order valence-electron chi connectivity index (χ1n) is 7.87. The van der Waals surface area contributed by atoms with Crippen LogP contribution in [0.1, 0.15) is 42.3 Å². The number of ketones is 1. The van der Waals surface area contributed by atoms with Gasteiger partial charge in [-0.3, -0.25) is 14.4 Å². The minimum atomic E-state index is -0.576. The second-order valence-electron chi connectivity index (χ2n) is 5.81. The van der Waals surface area contributed by atoms with Crippen molar-refractivity contribution in [1.29, 1.82) is 0 Å². The highest BCUT2D eigenvalue weighted by molar-refractivity contribution is 6.02. The standard InChI is InChI=1S/C19H16O7/c1-10(20)24-13-5-3-12(4-6-13)17-9-16(23)19-15(22)7-14(25-11(2)21)8-18(19)26-17/h3-8,17,22H,9H2,1-2H3. The lowest BCUT2D eigenvalue weighted by atomic mass is 9.95. The maximum absolute atomic E-state index is 12.4. The fourth-order valence-electron chi connectivity index (χ4n) is 2.74. The molecule has 7 heteroatoms. The minimum Gasteiger partial charge on any atom is -0.507 e. The van der Waals surface area contributed by atoms with Crippen molar-refractivity contribution in [3.63, 3.8) is 0 Å². The number of carbonyl (C=O) groups excluding carboxylic acids is 3. The first-order valence-corrected chi connectivity index (χ1v) is 7.87. The number of rotatable bonds is 3. The van der Waals surface area contributed by atoms with Crippen LogP contribution in [0.5, 0.6) is 23.0 Å². The van der Waals surface area contributed by atoms with E-state index in [-0.39, 0.29) is 35.0 Å². The molecule has 1 aliphatic rings. The topological polar surface area (TPSA) is 99.1 Å². The fourth-order valence-corrected chi connectivity index (χ4v) is 2.74. The van der Waals surface area contributed by atoms with Gasteiger partial charge in [-0.1, -0.05) is 12.1 Å². The Bertz CT molecular complexity index is 884. The highest BCUT2D eigenvalue weighted by Crippen LogP contribution is 2.42. The van der Waals surface area contributed by atoms with Crippen LogP contribution < -0.4 is 14.2 Å². The normalized spacial score (nSPS) is 15.6. The van der Waals surface area contributed by atoms with Gasteiger partial charge in [0, 0.05) is 26.0 Å². The molecular formula is C19H16O7. The van der Waals surface area contributed by atoms with Gasteiger partial charge >= 0.3 is 11.9 Å². The van der Waals surface area contributed by atoms with E-state index in [1.54, 1.807) is 24.3 Å². The third kappa shape index (κ3) is 3.66. The van der Waals surface area contributed by atoms with E-state index in [0.29, 0.717) is 11.3 Å². The predicted molar refractivity (Wildman–Crippen MR) is 89.5 cm³/mol. The van der Waals surface area contributed by atoms with Crippen molar-refractivity contribution in [2.24, 2.45) is 0 Å². The van der Waals surface area contributed by atoms with Crippen molar-refractivity contribution >= 4 is 17.7 Å². The Morgan fingerprint density at radius 2 is 1.65 bits per heavy atom. The maximum atomic E-state index is 12.4. The number of hydrogen-bond donors (Lipinski definition) is 1. The first-order chi connectivity index (χ1) is 12.3. The maximum Gasteiger partial charge on any atom is 0.308 e. The minimum absolute atomic E-state index is 0.0420. The van der Waals surface area contributed by atoms with Crippen molar-refractivity contribution in [1.82, 2.24) is 0 Å². The lowest BCUT2D eigenvalue weighted by Crippen LogP contribution is -2.20. The van der Waals surface area contributed by atoms with E-state index >= 15 is 0 Å². The van der Waals surface area contributed by atoms with E-state index in [1.807, 2.05) is 0 Å². The number of fused-ring (bicyclic) bond motifs is 1. The molecule has 2 aromatic rings. The molecule has 1 N–H and O–H groups in total. The average molecular weight is 356 g/mol. The quantitative estimate of drug-likeness (QED) is 0.667. The zero-order valence-corrected chi connectivity index (χ0v) is 14.1. The van der Waals surface area contributed by atoms with Crippen molar-refractivity contribution < 1.29 is 33.7 Å². The molecule has 0 bridgehead atoms. The van der Waals surface area contributed by atoms with Crippen LogP contribution in [-0.2, 0) is 9.59 Å². The molecule has 0 saturated carbocycles. The number of carbonyl (C=O) groups is 3. The smallest absolute Gasteiger partial charge is 0.308 e. The molecule has 1 aliphatic heterocycles. The fraction of sp³-hybridized carbons (Fsp3) is 0.211. The Hall–Kier alpha value is -3.35. The van der Waals surface area contributed by atoms with Crippen LogP contribution in [-0.4, -0.2) is 22.8 Å². The van der Waals surface area contributed by atoms with Gasteiger partial charge in [0.25, 0.3) is 0 Å². The summed E-state index contributed by atoms with van der Waals surface area (Å²) >= 11 is 0. The van der Waals surface area contributed by atoms with E-state index in [4.69, 9.17) is 14.2 Å². The van der Waals surface area contributed by atoms with E-state index < -0.39 is 18.0 Å². The first kappa shape index (κ1) is 17.5. The molecule has 7 nitrogen and oxygen atoms in total. The number of benzene rings is 2. The van der Waals surface area contributed by atoms with Crippen molar-refractivity contribution in [3.8, 4) is 23.0 Å². The van der Waals surface area contributed by atoms with Gasteiger partial charge in [0.2, 0.25) is 0 Å². The molecule has 26 heavy (non-hydrogen) atoms. The molecule has 134 valence electrons. The number of hydrogen-bond acceptors (Lipinski definition) is 7. The van der Waals surface area contributed by atoms with E-state index in [9.17, 15) is 19.5 Å². The van der Waals surface area contributed by atoms with E-state index in [1.165, 1.54) is 26.0 Å². The molecule has 1 unspecified atom stereocenters. The van der Waals surface area contributed by atoms with Gasteiger partial charge in [0.05, 0.1) is 6.42 Å². The second kappa shape index (κ2) is 6.87. The lowest BCUT2D eigenvalue weighted by Gasteiger charge is -2.26. The molecule has 0 spiro atoms. The average Bonchev–Trinajstić information content (AvgIpc) is 2.53. The summed E-state index contributed by atoms with van der Waals surface area (Å²) in [5.74, 6) is -0.939. The number of aromatic hydroxyl groups is 1. The Kier molecular flexibility index (Phi) is 4.62. The van der Waals surface area contributed by atoms with Crippen LogP contribution >= 0.6 is 0 Å². The van der Waals surface area contributed by atoms with Gasteiger partial charge < -0.3 is 19.3 Å². The highest BCUT2D eigenvalue weighted by atomic mass is 16.5. The SMILES string of the molecule is CC(=O)Oc1ccc(C2CC(=O)c3c(O)cc(OC(C)=O)cc3O2)cc1. The molecule has 1 atom stereocenters. The van der Waals surface area contributed by atoms with Gasteiger partial charge in [-0.25, -0.2) is 0 Å². The summed E-state index contributed by atoms with van der Waals surface area (Å²) in [6.07, 6.45) is -0.534. The summed E-state index contributed by atoms with van der Waals surface area (Å²) in [5.41, 5.74) is 0.769. The molecule has 3 rings (SSSR count). The Balaban J connectivity index is 1.88. The summed E-state index contributed by atoms with van der Waals surface area (Å²) in [7, 11) is 0. The van der Waals surface area contributed by atoms with Gasteiger partial charge in [-0.2, -0.15) is 0 Å². The zero-order chi connectivity index (χ0) is 18.8. The number of ether oxygens (including phenoxy) is 3. The molecule has 2 aromatic carbocycles. The summed E-state index contributed by atoms with van der Waals surface area (Å²) in [5, 5.41) is 10.1. The molecule has 0 fully saturated rings. The van der Waals surface area contributed by atoms with Crippen LogP contribution in [0.25, 0.3) is 0 Å². The van der Waals surface area contributed by atoms with E-state index in [0.717, 1.165) is 0 Å². The third-order valence-electron chi connectivity index (χ3n) is 3.75. The van der Waals surface area contributed by atoms with Crippen LogP contribution in [0.15, 0.2) is 36.4 Å². The Labute approximate surface area is 149 Å². The molecule has 1 heterocycles. The van der Waals surface area contributed by atoms with Gasteiger partial charge in [-0.05, 0) is 17.7 Å². The Morgan fingerprint density at radius 1 is 1.04 bits per heavy atom. The summed E-state index contributed by atoms with van der Waals surface area (Å²) in [6, 6.07) is 9.19. The largest absolute Gasteiger partial charge is 0.507 e. The zero-order valence-electron chi connectivity index (χ0n) is 14.1. The molecular weight excluding hydrogens is 340 g/mol. The van der Waals surface area contributed by atoms with Crippen LogP contribution in [0.3, 0.4) is 0 Å².